The minimum atomic E-state index is -0.758. The monoisotopic (exact) mass is 394 g/mol. The van der Waals surface area contributed by atoms with Gasteiger partial charge in [0.15, 0.2) is 0 Å². The molecule has 3 heterocycles. The highest BCUT2D eigenvalue weighted by Crippen LogP contribution is 2.32. The van der Waals surface area contributed by atoms with Crippen molar-refractivity contribution in [1.82, 2.24) is 14.6 Å². The Balaban J connectivity index is 2.02. The summed E-state index contributed by atoms with van der Waals surface area (Å²) in [4.78, 5) is 26.3. The summed E-state index contributed by atoms with van der Waals surface area (Å²) in [6.45, 7) is 4.10. The number of hydrogen-bond acceptors (Lipinski definition) is 4. The van der Waals surface area contributed by atoms with Crippen molar-refractivity contribution in [3.8, 4) is 11.1 Å². The Morgan fingerprint density at radius 1 is 1.14 bits per heavy atom. The van der Waals surface area contributed by atoms with E-state index in [-0.39, 0.29) is 12.1 Å². The lowest BCUT2D eigenvalue weighted by molar-refractivity contribution is -0.137. The Labute approximate surface area is 169 Å². The van der Waals surface area contributed by atoms with Gasteiger partial charge in [-0.2, -0.15) is 5.10 Å². The van der Waals surface area contributed by atoms with Crippen LogP contribution < -0.4 is 5.73 Å². The fourth-order valence-corrected chi connectivity index (χ4v) is 3.66. The van der Waals surface area contributed by atoms with Crippen molar-refractivity contribution in [2.75, 3.05) is 0 Å². The third-order valence-electron chi connectivity index (χ3n) is 5.16. The summed E-state index contributed by atoms with van der Waals surface area (Å²) in [7, 11) is 0. The van der Waals surface area contributed by atoms with E-state index in [1.807, 2.05) is 17.5 Å². The molecule has 0 saturated carbocycles. The smallest absolute Gasteiger partial charge is 0.303 e. The van der Waals surface area contributed by atoms with Gasteiger partial charge in [-0.3, -0.25) is 14.6 Å². The first-order chi connectivity index (χ1) is 13.9. The summed E-state index contributed by atoms with van der Waals surface area (Å²) in [5.74, 6) is -1.31. The number of pyridine rings is 1. The van der Waals surface area contributed by atoms with E-state index >= 15 is 0 Å². The molecule has 0 atom stereocenters. The standard InChI is InChI=1S/C22H26N4O3/c1-3-16-10-12-19-21(15-9-11-18(22(23)29)24-13-15)17(14(2)25-26(16)19)7-5-4-6-8-20(27)28/h9-13H,3-8H2,1-2H3,(H2,23,29)(H,27,28). The van der Waals surface area contributed by atoms with Crippen LogP contribution in [0, 0.1) is 6.92 Å². The molecule has 152 valence electrons. The molecule has 3 aromatic heterocycles. The van der Waals surface area contributed by atoms with Crippen LogP contribution >= 0.6 is 0 Å². The SMILES string of the molecule is CCc1ccc2c(-c3ccc(C(N)=O)nc3)c(CCCCCC(=O)O)c(C)nn12. The minimum absolute atomic E-state index is 0.195. The summed E-state index contributed by atoms with van der Waals surface area (Å²) < 4.78 is 1.97. The van der Waals surface area contributed by atoms with Crippen molar-refractivity contribution in [3.05, 3.63) is 53.1 Å². The Kier molecular flexibility index (Phi) is 6.26. The fraction of sp³-hybridized carbons (Fsp3) is 0.364. The number of carbonyl (C=O) groups excluding carboxylic acids is 1. The molecule has 3 N–H and O–H groups in total. The predicted octanol–water partition coefficient (Wildman–Crippen LogP) is 3.55. The average molecular weight is 394 g/mol. The van der Waals surface area contributed by atoms with Crippen molar-refractivity contribution >= 4 is 17.4 Å². The van der Waals surface area contributed by atoms with Crippen LogP contribution in [0.2, 0.25) is 0 Å². The van der Waals surface area contributed by atoms with Crippen molar-refractivity contribution in [2.45, 2.75) is 52.4 Å². The van der Waals surface area contributed by atoms with Crippen LogP contribution in [-0.2, 0) is 17.6 Å². The zero-order chi connectivity index (χ0) is 21.0. The first kappa shape index (κ1) is 20.5. The Morgan fingerprint density at radius 2 is 1.93 bits per heavy atom. The number of unbranched alkanes of at least 4 members (excludes halogenated alkanes) is 2. The van der Waals surface area contributed by atoms with E-state index < -0.39 is 11.9 Å². The molecule has 0 aliphatic rings. The van der Waals surface area contributed by atoms with Crippen molar-refractivity contribution in [2.24, 2.45) is 5.73 Å². The van der Waals surface area contributed by atoms with E-state index in [2.05, 4.69) is 24.0 Å². The number of aryl methyl sites for hydroxylation is 2. The number of fused-ring (bicyclic) bond motifs is 1. The largest absolute Gasteiger partial charge is 0.481 e. The fourth-order valence-electron chi connectivity index (χ4n) is 3.66. The van der Waals surface area contributed by atoms with Crippen LogP contribution in [0.5, 0.6) is 0 Å². The molecule has 0 aliphatic heterocycles. The van der Waals surface area contributed by atoms with E-state index in [4.69, 9.17) is 15.9 Å². The van der Waals surface area contributed by atoms with Gasteiger partial charge >= 0.3 is 5.97 Å². The van der Waals surface area contributed by atoms with E-state index in [1.54, 1.807) is 12.3 Å². The first-order valence-electron chi connectivity index (χ1n) is 9.90. The molecular formula is C22H26N4O3. The number of carbonyl (C=O) groups is 2. The van der Waals surface area contributed by atoms with Crippen LogP contribution in [0.4, 0.5) is 0 Å². The number of hydrogen-bond donors (Lipinski definition) is 2. The molecule has 0 unspecified atom stereocenters. The highest BCUT2D eigenvalue weighted by molar-refractivity contribution is 5.91. The second-order valence-electron chi connectivity index (χ2n) is 7.16. The highest BCUT2D eigenvalue weighted by Gasteiger charge is 2.17. The highest BCUT2D eigenvalue weighted by atomic mass is 16.4. The molecule has 0 aromatic carbocycles. The maximum Gasteiger partial charge on any atom is 0.303 e. The number of carboxylic acid groups (broad SMARTS) is 1. The molecule has 0 aliphatic carbocycles. The molecular weight excluding hydrogens is 368 g/mol. The number of carboxylic acids is 1. The van der Waals surface area contributed by atoms with Gasteiger partial charge in [0, 0.05) is 29.4 Å². The summed E-state index contributed by atoms with van der Waals surface area (Å²) in [6.07, 6.45) is 5.94. The normalized spacial score (nSPS) is 11.1. The number of nitrogens with two attached hydrogens (primary N) is 1. The molecule has 0 saturated heterocycles. The van der Waals surface area contributed by atoms with E-state index in [1.165, 1.54) is 0 Å². The number of rotatable bonds is 9. The third-order valence-corrected chi connectivity index (χ3v) is 5.16. The predicted molar refractivity (Wildman–Crippen MR) is 111 cm³/mol. The lowest BCUT2D eigenvalue weighted by Crippen LogP contribution is -2.12. The van der Waals surface area contributed by atoms with Crippen LogP contribution in [0.15, 0.2) is 30.5 Å². The zero-order valence-electron chi connectivity index (χ0n) is 16.8. The summed E-state index contributed by atoms with van der Waals surface area (Å²) >= 11 is 0. The number of aromatic nitrogens is 3. The quantitative estimate of drug-likeness (QED) is 0.539. The third kappa shape index (κ3) is 4.45. The molecule has 0 radical (unpaired) electrons. The van der Waals surface area contributed by atoms with Gasteiger partial charge < -0.3 is 10.8 Å². The van der Waals surface area contributed by atoms with Gasteiger partial charge in [0.05, 0.1) is 11.2 Å². The van der Waals surface area contributed by atoms with Crippen LogP contribution in [0.25, 0.3) is 16.6 Å². The van der Waals surface area contributed by atoms with Gasteiger partial charge in [-0.15, -0.1) is 0 Å². The lowest BCUT2D eigenvalue weighted by atomic mass is 9.95. The maximum absolute atomic E-state index is 11.4. The Morgan fingerprint density at radius 3 is 2.55 bits per heavy atom. The lowest BCUT2D eigenvalue weighted by Gasteiger charge is -2.16. The van der Waals surface area contributed by atoms with E-state index in [9.17, 15) is 9.59 Å². The van der Waals surface area contributed by atoms with Gasteiger partial charge in [-0.1, -0.05) is 19.4 Å². The van der Waals surface area contributed by atoms with Crippen molar-refractivity contribution in [1.29, 1.82) is 0 Å². The number of amides is 1. The summed E-state index contributed by atoms with van der Waals surface area (Å²) in [5, 5.41) is 13.6. The van der Waals surface area contributed by atoms with Gasteiger partial charge in [0.25, 0.3) is 5.91 Å². The molecule has 3 rings (SSSR count). The van der Waals surface area contributed by atoms with Crippen LogP contribution in [0.1, 0.15) is 60.0 Å². The molecule has 29 heavy (non-hydrogen) atoms. The molecule has 0 bridgehead atoms. The molecule has 3 aromatic rings. The zero-order valence-corrected chi connectivity index (χ0v) is 16.8. The van der Waals surface area contributed by atoms with Crippen molar-refractivity contribution < 1.29 is 14.7 Å². The minimum Gasteiger partial charge on any atom is -0.481 e. The van der Waals surface area contributed by atoms with Gasteiger partial charge in [-0.25, -0.2) is 4.52 Å². The number of nitrogens with zero attached hydrogens (tertiary/aromatic N) is 3. The molecule has 1 amide bonds. The van der Waals surface area contributed by atoms with Gasteiger partial charge in [0.1, 0.15) is 5.69 Å². The number of primary amides is 1. The molecule has 0 spiro atoms. The van der Waals surface area contributed by atoms with Crippen LogP contribution in [0.3, 0.4) is 0 Å². The van der Waals surface area contributed by atoms with E-state index in [0.29, 0.717) is 6.42 Å². The topological polar surface area (TPSA) is 111 Å². The summed E-state index contributed by atoms with van der Waals surface area (Å²) in [6, 6.07) is 7.66. The van der Waals surface area contributed by atoms with Crippen LogP contribution in [-0.4, -0.2) is 31.6 Å². The molecule has 7 nitrogen and oxygen atoms in total. The van der Waals surface area contributed by atoms with E-state index in [0.717, 1.165) is 59.3 Å². The van der Waals surface area contributed by atoms with Crippen molar-refractivity contribution in [3.63, 3.8) is 0 Å². The Bertz CT molecular complexity index is 1040. The number of aliphatic carboxylic acids is 1. The second-order valence-corrected chi connectivity index (χ2v) is 7.16. The van der Waals surface area contributed by atoms with Gasteiger partial charge in [-0.05, 0) is 56.4 Å². The Hall–Kier alpha value is -3.22. The second kappa shape index (κ2) is 8.86. The first-order valence-corrected chi connectivity index (χ1v) is 9.90. The average Bonchev–Trinajstić information content (AvgIpc) is 3.09. The maximum atomic E-state index is 11.4. The molecule has 7 heteroatoms. The van der Waals surface area contributed by atoms with Gasteiger partial charge in [0.2, 0.25) is 0 Å². The molecule has 0 fully saturated rings. The summed E-state index contributed by atoms with van der Waals surface area (Å²) in [5.41, 5.74) is 11.7.